The minimum absolute atomic E-state index is 0.190. The van der Waals surface area contributed by atoms with Crippen LogP contribution in [0.15, 0.2) is 23.1 Å². The Morgan fingerprint density at radius 1 is 1.50 bits per heavy atom. The molecule has 0 spiro atoms. The van der Waals surface area contributed by atoms with Gasteiger partial charge in [0, 0.05) is 23.8 Å². The molecule has 1 rings (SSSR count). The van der Waals surface area contributed by atoms with Crippen molar-refractivity contribution in [2.45, 2.75) is 18.4 Å². The maximum absolute atomic E-state index is 13.1. The van der Waals surface area contributed by atoms with E-state index in [9.17, 15) is 4.39 Å². The van der Waals surface area contributed by atoms with Crippen LogP contribution < -0.4 is 5.32 Å². The lowest BCUT2D eigenvalue weighted by Gasteiger charge is -2.11. The first-order valence-corrected chi connectivity index (χ1v) is 6.32. The summed E-state index contributed by atoms with van der Waals surface area (Å²) >= 11 is 1.66. The second kappa shape index (κ2) is 6.89. The summed E-state index contributed by atoms with van der Waals surface area (Å²) < 4.78 is 13.1. The van der Waals surface area contributed by atoms with Crippen molar-refractivity contribution in [3.05, 3.63) is 29.6 Å². The summed E-state index contributed by atoms with van der Waals surface area (Å²) in [5.41, 5.74) is 0.970. The van der Waals surface area contributed by atoms with Crippen LogP contribution in [-0.2, 0) is 6.54 Å². The van der Waals surface area contributed by atoms with Gasteiger partial charge in [0.15, 0.2) is 0 Å². The molecule has 90 valence electrons. The fourth-order valence-corrected chi connectivity index (χ4v) is 2.35. The quantitative estimate of drug-likeness (QED) is 0.752. The van der Waals surface area contributed by atoms with E-state index < -0.39 is 0 Å². The smallest absolute Gasteiger partial charge is 0.123 e. The molecule has 0 amide bonds. The third-order valence-electron chi connectivity index (χ3n) is 2.22. The van der Waals surface area contributed by atoms with Crippen LogP contribution in [-0.4, -0.2) is 24.5 Å². The number of hydrogen-bond acceptors (Lipinski definition) is 3. The largest absolute Gasteiger partial charge is 0.396 e. The summed E-state index contributed by atoms with van der Waals surface area (Å²) in [6.07, 6.45) is 0. The number of hydrogen-bond donors (Lipinski definition) is 2. The monoisotopic (exact) mass is 243 g/mol. The van der Waals surface area contributed by atoms with Crippen LogP contribution in [0.5, 0.6) is 0 Å². The van der Waals surface area contributed by atoms with E-state index in [-0.39, 0.29) is 18.3 Å². The fraction of sp³-hybridized carbons (Fsp3) is 0.500. The van der Waals surface area contributed by atoms with E-state index in [1.807, 2.05) is 14.0 Å². The van der Waals surface area contributed by atoms with Crippen LogP contribution in [0.4, 0.5) is 4.39 Å². The van der Waals surface area contributed by atoms with E-state index in [0.717, 1.165) is 16.2 Å². The summed E-state index contributed by atoms with van der Waals surface area (Å²) in [4.78, 5) is 1.08. The van der Waals surface area contributed by atoms with Crippen LogP contribution in [0.1, 0.15) is 12.5 Å². The van der Waals surface area contributed by atoms with Crippen LogP contribution in [0.3, 0.4) is 0 Å². The molecule has 1 atom stereocenters. The molecule has 0 bridgehead atoms. The second-order valence-electron chi connectivity index (χ2n) is 3.88. The van der Waals surface area contributed by atoms with Crippen molar-refractivity contribution in [3.8, 4) is 0 Å². The second-order valence-corrected chi connectivity index (χ2v) is 4.94. The number of nitrogens with one attached hydrogen (secondary N) is 1. The Morgan fingerprint density at radius 2 is 2.25 bits per heavy atom. The number of aliphatic hydroxyl groups excluding tert-OH is 1. The molecule has 0 heterocycles. The van der Waals surface area contributed by atoms with Gasteiger partial charge in [0.25, 0.3) is 0 Å². The number of benzene rings is 1. The standard InChI is InChI=1S/C12H18FNOS/c1-9(7-15)8-16-12-4-3-11(13)5-10(12)6-14-2/h3-5,9,14-15H,6-8H2,1-2H3. The molecule has 16 heavy (non-hydrogen) atoms. The Kier molecular flexibility index (Phi) is 5.80. The lowest BCUT2D eigenvalue weighted by atomic mass is 10.2. The van der Waals surface area contributed by atoms with E-state index >= 15 is 0 Å². The molecule has 2 N–H and O–H groups in total. The Balaban J connectivity index is 2.70. The zero-order chi connectivity index (χ0) is 12.0. The van der Waals surface area contributed by atoms with Gasteiger partial charge in [0.1, 0.15) is 5.82 Å². The van der Waals surface area contributed by atoms with Crippen molar-refractivity contribution in [1.82, 2.24) is 5.32 Å². The summed E-state index contributed by atoms with van der Waals surface area (Å²) in [6.45, 7) is 2.84. The van der Waals surface area contributed by atoms with E-state index in [4.69, 9.17) is 5.11 Å². The highest BCUT2D eigenvalue weighted by atomic mass is 32.2. The van der Waals surface area contributed by atoms with Gasteiger partial charge in [0.05, 0.1) is 0 Å². The Bertz CT molecular complexity index is 333. The Labute approximate surface area is 100 Å². The first-order chi connectivity index (χ1) is 7.67. The zero-order valence-corrected chi connectivity index (χ0v) is 10.5. The van der Waals surface area contributed by atoms with Crippen molar-refractivity contribution in [2.75, 3.05) is 19.4 Å². The highest BCUT2D eigenvalue weighted by Gasteiger charge is 2.06. The lowest BCUT2D eigenvalue weighted by Crippen LogP contribution is -2.08. The summed E-state index contributed by atoms with van der Waals surface area (Å²) in [5, 5.41) is 12.0. The van der Waals surface area contributed by atoms with Gasteiger partial charge in [-0.1, -0.05) is 6.92 Å². The molecule has 1 unspecified atom stereocenters. The van der Waals surface area contributed by atoms with E-state index in [1.165, 1.54) is 6.07 Å². The van der Waals surface area contributed by atoms with Crippen molar-refractivity contribution in [1.29, 1.82) is 0 Å². The summed E-state index contributed by atoms with van der Waals surface area (Å²) in [6, 6.07) is 4.84. The number of halogens is 1. The van der Waals surface area contributed by atoms with Gasteiger partial charge < -0.3 is 10.4 Å². The van der Waals surface area contributed by atoms with E-state index in [1.54, 1.807) is 23.9 Å². The van der Waals surface area contributed by atoms with Crippen LogP contribution in [0.2, 0.25) is 0 Å². The molecule has 0 fully saturated rings. The van der Waals surface area contributed by atoms with Gasteiger partial charge in [-0.25, -0.2) is 4.39 Å². The number of rotatable bonds is 6. The lowest BCUT2D eigenvalue weighted by molar-refractivity contribution is 0.250. The molecule has 0 aliphatic rings. The van der Waals surface area contributed by atoms with Gasteiger partial charge >= 0.3 is 0 Å². The van der Waals surface area contributed by atoms with Gasteiger partial charge in [0.2, 0.25) is 0 Å². The third-order valence-corrected chi connectivity index (χ3v) is 3.67. The first kappa shape index (κ1) is 13.5. The van der Waals surface area contributed by atoms with E-state index in [2.05, 4.69) is 5.32 Å². The molecule has 0 aliphatic carbocycles. The molecule has 0 saturated heterocycles. The number of thioether (sulfide) groups is 1. The van der Waals surface area contributed by atoms with Crippen molar-refractivity contribution < 1.29 is 9.50 Å². The van der Waals surface area contributed by atoms with Crippen LogP contribution in [0.25, 0.3) is 0 Å². The van der Waals surface area contributed by atoms with Crippen molar-refractivity contribution in [3.63, 3.8) is 0 Å². The molecule has 2 nitrogen and oxygen atoms in total. The average Bonchev–Trinajstić information content (AvgIpc) is 2.28. The fourth-order valence-electron chi connectivity index (χ4n) is 1.30. The first-order valence-electron chi connectivity index (χ1n) is 5.34. The highest BCUT2D eigenvalue weighted by molar-refractivity contribution is 7.99. The topological polar surface area (TPSA) is 32.3 Å². The van der Waals surface area contributed by atoms with Crippen molar-refractivity contribution in [2.24, 2.45) is 5.92 Å². The third kappa shape index (κ3) is 4.12. The molecule has 0 radical (unpaired) electrons. The van der Waals surface area contributed by atoms with Crippen molar-refractivity contribution >= 4 is 11.8 Å². The Morgan fingerprint density at radius 3 is 2.88 bits per heavy atom. The molecule has 1 aromatic rings. The van der Waals surface area contributed by atoms with Crippen LogP contribution >= 0.6 is 11.8 Å². The summed E-state index contributed by atoms with van der Waals surface area (Å²) in [7, 11) is 1.84. The molecule has 0 aromatic heterocycles. The summed E-state index contributed by atoms with van der Waals surface area (Å²) in [5.74, 6) is 0.904. The van der Waals surface area contributed by atoms with E-state index in [0.29, 0.717) is 6.54 Å². The molecular weight excluding hydrogens is 225 g/mol. The molecule has 0 saturated carbocycles. The SMILES string of the molecule is CNCc1cc(F)ccc1SCC(C)CO. The minimum Gasteiger partial charge on any atom is -0.396 e. The molecule has 4 heteroatoms. The maximum atomic E-state index is 13.1. The minimum atomic E-state index is -0.204. The maximum Gasteiger partial charge on any atom is 0.123 e. The van der Waals surface area contributed by atoms with Gasteiger partial charge in [-0.3, -0.25) is 0 Å². The normalized spacial score (nSPS) is 12.8. The molecule has 1 aromatic carbocycles. The zero-order valence-electron chi connectivity index (χ0n) is 9.66. The Hall–Kier alpha value is -0.580. The molecular formula is C12H18FNOS. The average molecular weight is 243 g/mol. The van der Waals surface area contributed by atoms with Gasteiger partial charge in [-0.2, -0.15) is 0 Å². The predicted octanol–water partition coefficient (Wildman–Crippen LogP) is 2.27. The highest BCUT2D eigenvalue weighted by Crippen LogP contribution is 2.25. The molecule has 0 aliphatic heterocycles. The van der Waals surface area contributed by atoms with Gasteiger partial charge in [-0.05, 0) is 36.7 Å². The predicted molar refractivity (Wildman–Crippen MR) is 66.1 cm³/mol. The van der Waals surface area contributed by atoms with Gasteiger partial charge in [-0.15, -0.1) is 11.8 Å². The number of aliphatic hydroxyl groups is 1. The van der Waals surface area contributed by atoms with Crippen LogP contribution in [0, 0.1) is 11.7 Å².